The van der Waals surface area contributed by atoms with Crippen LogP contribution in [0.1, 0.15) is 374 Å². The van der Waals surface area contributed by atoms with Gasteiger partial charge in [-0.2, -0.15) is 0 Å². The molecule has 0 bridgehead atoms. The largest absolute Gasteiger partial charge is 0.462 e. The summed E-state index contributed by atoms with van der Waals surface area (Å²) >= 11 is 0. The van der Waals surface area contributed by atoms with Gasteiger partial charge in [-0.3, -0.25) is 14.4 Å². The van der Waals surface area contributed by atoms with Gasteiger partial charge in [-0.15, -0.1) is 0 Å². The molecular weight excluding hydrogens is 937 g/mol. The van der Waals surface area contributed by atoms with Crippen LogP contribution >= 0.6 is 0 Å². The average molecular weight is 1070 g/mol. The van der Waals surface area contributed by atoms with Crippen molar-refractivity contribution < 1.29 is 28.6 Å². The van der Waals surface area contributed by atoms with Gasteiger partial charge in [0.05, 0.1) is 0 Å². The van der Waals surface area contributed by atoms with Gasteiger partial charge in [0.1, 0.15) is 13.2 Å². The van der Waals surface area contributed by atoms with E-state index in [0.29, 0.717) is 19.3 Å². The van der Waals surface area contributed by atoms with E-state index in [1.54, 1.807) is 0 Å². The van der Waals surface area contributed by atoms with Crippen molar-refractivity contribution in [1.29, 1.82) is 0 Å². The van der Waals surface area contributed by atoms with Crippen LogP contribution in [0.25, 0.3) is 0 Å². The standard InChI is InChI=1S/C70H130O6/c1-4-7-10-13-16-19-22-25-28-31-33-34-35-36-37-40-42-45-48-51-54-57-60-63-69(72)75-66-67(65-74-68(71)62-59-56-53-50-47-44-41-38-30-27-24-21-18-15-12-9-6-3)76-70(73)64-61-58-55-52-49-46-43-39-32-29-26-23-20-17-14-11-8-5-2/h27,29-33,67H,4-26,28,34-66H2,1-3H3/b30-27-,32-29-,33-31-. The van der Waals surface area contributed by atoms with Crippen LogP contribution in [-0.2, 0) is 28.6 Å². The summed E-state index contributed by atoms with van der Waals surface area (Å²) < 4.78 is 17.0. The van der Waals surface area contributed by atoms with Crippen molar-refractivity contribution in [3.05, 3.63) is 36.5 Å². The Morgan fingerprint density at radius 2 is 0.434 bits per heavy atom. The van der Waals surface area contributed by atoms with E-state index in [1.807, 2.05) is 0 Å². The number of ether oxygens (including phenoxy) is 3. The van der Waals surface area contributed by atoms with Crippen LogP contribution in [0.3, 0.4) is 0 Å². The highest BCUT2D eigenvalue weighted by Gasteiger charge is 2.19. The Balaban J connectivity index is 4.31. The van der Waals surface area contributed by atoms with Crippen molar-refractivity contribution in [3.8, 4) is 0 Å². The minimum atomic E-state index is -0.776. The van der Waals surface area contributed by atoms with Gasteiger partial charge in [0.15, 0.2) is 6.10 Å². The number of allylic oxidation sites excluding steroid dienone is 6. The maximum Gasteiger partial charge on any atom is 0.306 e. The summed E-state index contributed by atoms with van der Waals surface area (Å²) in [5.41, 5.74) is 0. The fourth-order valence-corrected chi connectivity index (χ4v) is 10.2. The van der Waals surface area contributed by atoms with Crippen LogP contribution < -0.4 is 0 Å². The van der Waals surface area contributed by atoms with Crippen molar-refractivity contribution in [3.63, 3.8) is 0 Å². The third-order valence-corrected chi connectivity index (χ3v) is 15.3. The topological polar surface area (TPSA) is 78.9 Å². The number of carbonyl (C=O) groups excluding carboxylic acids is 3. The zero-order valence-corrected chi connectivity index (χ0v) is 51.3. The van der Waals surface area contributed by atoms with Gasteiger partial charge in [0, 0.05) is 19.3 Å². The summed E-state index contributed by atoms with van der Waals surface area (Å²) in [6.45, 7) is 6.69. The van der Waals surface area contributed by atoms with E-state index >= 15 is 0 Å². The predicted octanol–water partition coefficient (Wildman–Crippen LogP) is 23.2. The van der Waals surface area contributed by atoms with Crippen molar-refractivity contribution in [1.82, 2.24) is 0 Å². The Bertz CT molecular complexity index is 1270. The second-order valence-electron chi connectivity index (χ2n) is 23.1. The number of carbonyl (C=O) groups is 3. The quantitative estimate of drug-likeness (QED) is 0.0261. The van der Waals surface area contributed by atoms with Crippen LogP contribution in [-0.4, -0.2) is 37.2 Å². The molecule has 1 atom stereocenters. The molecule has 0 rings (SSSR count). The van der Waals surface area contributed by atoms with Crippen molar-refractivity contribution in [2.24, 2.45) is 0 Å². The Kier molecular flexibility index (Phi) is 63.1. The minimum absolute atomic E-state index is 0.0723. The van der Waals surface area contributed by atoms with Gasteiger partial charge < -0.3 is 14.2 Å². The minimum Gasteiger partial charge on any atom is -0.462 e. The first-order chi connectivity index (χ1) is 37.5. The van der Waals surface area contributed by atoms with Crippen LogP contribution in [0, 0.1) is 0 Å². The van der Waals surface area contributed by atoms with E-state index in [0.717, 1.165) is 57.8 Å². The summed E-state index contributed by atoms with van der Waals surface area (Å²) in [6, 6.07) is 0. The first kappa shape index (κ1) is 73.6. The number of hydrogen-bond donors (Lipinski definition) is 0. The first-order valence-corrected chi connectivity index (χ1v) is 34.0. The maximum absolute atomic E-state index is 12.9. The van der Waals surface area contributed by atoms with E-state index in [9.17, 15) is 14.4 Å². The second-order valence-corrected chi connectivity index (χ2v) is 23.1. The van der Waals surface area contributed by atoms with E-state index in [-0.39, 0.29) is 31.1 Å². The molecule has 0 aliphatic carbocycles. The molecule has 1 unspecified atom stereocenters. The molecule has 0 amide bonds. The lowest BCUT2D eigenvalue weighted by molar-refractivity contribution is -0.167. The molecular formula is C70H130O6. The molecule has 6 heteroatoms. The van der Waals surface area contributed by atoms with Crippen LogP contribution in [0.5, 0.6) is 0 Å². The van der Waals surface area contributed by atoms with Crippen molar-refractivity contribution >= 4 is 17.9 Å². The fraction of sp³-hybridized carbons (Fsp3) is 0.871. The van der Waals surface area contributed by atoms with Gasteiger partial charge in [0.2, 0.25) is 0 Å². The average Bonchev–Trinajstić information content (AvgIpc) is 3.42. The molecule has 0 saturated carbocycles. The highest BCUT2D eigenvalue weighted by atomic mass is 16.6. The molecule has 0 N–H and O–H groups in total. The monoisotopic (exact) mass is 1070 g/mol. The second kappa shape index (κ2) is 65.2. The van der Waals surface area contributed by atoms with E-state index in [4.69, 9.17) is 14.2 Å². The van der Waals surface area contributed by atoms with Crippen LogP contribution in [0.4, 0.5) is 0 Å². The molecule has 0 radical (unpaired) electrons. The smallest absolute Gasteiger partial charge is 0.306 e. The highest BCUT2D eigenvalue weighted by Crippen LogP contribution is 2.17. The summed E-state index contributed by atoms with van der Waals surface area (Å²) in [5, 5.41) is 0. The third kappa shape index (κ3) is 62.5. The maximum atomic E-state index is 12.9. The predicted molar refractivity (Wildman–Crippen MR) is 330 cm³/mol. The molecule has 0 aromatic heterocycles. The normalized spacial score (nSPS) is 12.2. The molecule has 0 spiro atoms. The van der Waals surface area contributed by atoms with E-state index in [1.165, 1.54) is 276 Å². The Labute approximate surface area is 474 Å². The fourth-order valence-electron chi connectivity index (χ4n) is 10.2. The molecule has 0 aliphatic rings. The van der Waals surface area contributed by atoms with E-state index in [2.05, 4.69) is 57.2 Å². The zero-order chi connectivity index (χ0) is 55.0. The number of rotatable bonds is 63. The van der Waals surface area contributed by atoms with Gasteiger partial charge in [-0.1, -0.05) is 295 Å². The van der Waals surface area contributed by atoms with Crippen molar-refractivity contribution in [2.75, 3.05) is 13.2 Å². The summed E-state index contributed by atoms with van der Waals surface area (Å²) in [6.07, 6.45) is 80.1. The third-order valence-electron chi connectivity index (χ3n) is 15.3. The molecule has 0 heterocycles. The summed E-state index contributed by atoms with van der Waals surface area (Å²) in [4.78, 5) is 38.4. The Morgan fingerprint density at radius 1 is 0.250 bits per heavy atom. The van der Waals surface area contributed by atoms with Gasteiger partial charge in [-0.25, -0.2) is 0 Å². The van der Waals surface area contributed by atoms with E-state index < -0.39 is 6.10 Å². The number of esters is 3. The molecule has 0 aromatic carbocycles. The lowest BCUT2D eigenvalue weighted by Gasteiger charge is -2.18. The molecule has 0 saturated heterocycles. The Hall–Kier alpha value is -2.37. The highest BCUT2D eigenvalue weighted by molar-refractivity contribution is 5.71. The molecule has 6 nitrogen and oxygen atoms in total. The number of unbranched alkanes of at least 4 members (excludes halogenated alkanes) is 46. The molecule has 446 valence electrons. The van der Waals surface area contributed by atoms with Crippen molar-refractivity contribution in [2.45, 2.75) is 380 Å². The van der Waals surface area contributed by atoms with Gasteiger partial charge in [-0.05, 0) is 96.3 Å². The molecule has 0 fully saturated rings. The van der Waals surface area contributed by atoms with Gasteiger partial charge >= 0.3 is 17.9 Å². The van der Waals surface area contributed by atoms with Crippen LogP contribution in [0.15, 0.2) is 36.5 Å². The molecule has 0 aliphatic heterocycles. The summed E-state index contributed by atoms with van der Waals surface area (Å²) in [7, 11) is 0. The van der Waals surface area contributed by atoms with Crippen LogP contribution in [0.2, 0.25) is 0 Å². The van der Waals surface area contributed by atoms with Gasteiger partial charge in [0.25, 0.3) is 0 Å². The lowest BCUT2D eigenvalue weighted by Crippen LogP contribution is -2.30. The Morgan fingerprint density at radius 3 is 0.658 bits per heavy atom. The summed E-state index contributed by atoms with van der Waals surface area (Å²) in [5.74, 6) is -0.857. The number of hydrogen-bond acceptors (Lipinski definition) is 6. The zero-order valence-electron chi connectivity index (χ0n) is 51.3. The first-order valence-electron chi connectivity index (χ1n) is 34.0. The lowest BCUT2D eigenvalue weighted by atomic mass is 10.0. The molecule has 0 aromatic rings. The molecule has 76 heavy (non-hydrogen) atoms. The SMILES string of the molecule is CCCCCCCC/C=C\CCCCCCCCCC(=O)OCC(COC(=O)CCCCCCCCCCCCC/C=C\CCCCCCCCCC)OC(=O)CCCCCCCCC/C=C\CCCCCCCCC.